The van der Waals surface area contributed by atoms with Gasteiger partial charge < -0.3 is 5.73 Å². The van der Waals surface area contributed by atoms with Crippen LogP contribution in [-0.4, -0.2) is 21.9 Å². The van der Waals surface area contributed by atoms with Gasteiger partial charge in [-0.3, -0.25) is 10.1 Å². The van der Waals surface area contributed by atoms with Crippen molar-refractivity contribution in [1.29, 1.82) is 0 Å². The van der Waals surface area contributed by atoms with Crippen LogP contribution in [0.5, 0.6) is 0 Å². The lowest BCUT2D eigenvalue weighted by molar-refractivity contribution is -0.117. The fourth-order valence-corrected chi connectivity index (χ4v) is 1.27. The number of carbonyl (C=O) groups is 1. The molecule has 0 radical (unpaired) electrons. The van der Waals surface area contributed by atoms with Gasteiger partial charge in [0.15, 0.2) is 0 Å². The minimum absolute atomic E-state index is 0.294. The van der Waals surface area contributed by atoms with Crippen LogP contribution in [0.25, 0.3) is 0 Å². The fraction of sp³-hybridized carbons (Fsp3) is 0.364. The van der Waals surface area contributed by atoms with Gasteiger partial charge in [0.1, 0.15) is 0 Å². The summed E-state index contributed by atoms with van der Waals surface area (Å²) in [7, 11) is 0. The molecule has 0 aromatic carbocycles. The molecule has 16 heavy (non-hydrogen) atoms. The highest BCUT2D eigenvalue weighted by molar-refractivity contribution is 5.93. The van der Waals surface area contributed by atoms with E-state index in [2.05, 4.69) is 21.9 Å². The van der Waals surface area contributed by atoms with Crippen molar-refractivity contribution in [3.8, 4) is 0 Å². The number of nitrogens with one attached hydrogen (secondary N) is 1. The molecule has 86 valence electrons. The molecule has 1 atom stereocenters. The average molecular weight is 220 g/mol. The molecule has 0 bridgehead atoms. The lowest BCUT2D eigenvalue weighted by Crippen LogP contribution is -2.35. The summed E-state index contributed by atoms with van der Waals surface area (Å²) in [5.41, 5.74) is 7.22. The topological polar surface area (TPSA) is 80.9 Å². The summed E-state index contributed by atoms with van der Waals surface area (Å²) in [5.74, 6) is -0.00749. The maximum absolute atomic E-state index is 11.6. The molecule has 5 heteroatoms. The second kappa shape index (κ2) is 5.37. The van der Waals surface area contributed by atoms with Crippen LogP contribution in [0.3, 0.4) is 0 Å². The van der Waals surface area contributed by atoms with Crippen LogP contribution in [0.2, 0.25) is 0 Å². The monoisotopic (exact) mass is 220 g/mol. The summed E-state index contributed by atoms with van der Waals surface area (Å²) in [6.45, 7) is 7.21. The highest BCUT2D eigenvalue weighted by Gasteiger charge is 2.13. The number of aryl methyl sites for hydroxylation is 2. The van der Waals surface area contributed by atoms with Crippen molar-refractivity contribution < 1.29 is 4.79 Å². The molecule has 0 saturated heterocycles. The smallest absolute Gasteiger partial charge is 0.243 e. The number of carbonyl (C=O) groups excluding carboxylic acids is 1. The summed E-state index contributed by atoms with van der Waals surface area (Å²) in [6, 6.07) is 1.22. The van der Waals surface area contributed by atoms with E-state index in [1.165, 1.54) is 0 Å². The summed E-state index contributed by atoms with van der Waals surface area (Å²) < 4.78 is 0. The van der Waals surface area contributed by atoms with Crippen LogP contribution in [0, 0.1) is 13.8 Å². The third kappa shape index (κ3) is 3.43. The van der Waals surface area contributed by atoms with Gasteiger partial charge in [0.05, 0.1) is 6.04 Å². The Labute approximate surface area is 94.8 Å². The number of rotatable bonds is 4. The van der Waals surface area contributed by atoms with Crippen molar-refractivity contribution in [3.05, 3.63) is 30.1 Å². The molecule has 5 nitrogen and oxygen atoms in total. The maximum atomic E-state index is 11.6. The minimum Gasteiger partial charge on any atom is -0.320 e. The Kier molecular flexibility index (Phi) is 4.13. The number of anilines is 1. The predicted octanol–water partition coefficient (Wildman–Crippen LogP) is 0.935. The van der Waals surface area contributed by atoms with Crippen LogP contribution in [0.1, 0.15) is 17.8 Å². The Balaban J connectivity index is 2.72. The molecular formula is C11H16N4O. The van der Waals surface area contributed by atoms with Gasteiger partial charge in [-0.1, -0.05) is 6.08 Å². The van der Waals surface area contributed by atoms with Crippen LogP contribution >= 0.6 is 0 Å². The van der Waals surface area contributed by atoms with E-state index < -0.39 is 6.04 Å². The van der Waals surface area contributed by atoms with Gasteiger partial charge in [-0.25, -0.2) is 9.97 Å². The van der Waals surface area contributed by atoms with E-state index in [0.717, 1.165) is 11.4 Å². The highest BCUT2D eigenvalue weighted by Crippen LogP contribution is 2.04. The lowest BCUT2D eigenvalue weighted by atomic mass is 10.2. The van der Waals surface area contributed by atoms with Crippen LogP contribution < -0.4 is 11.1 Å². The maximum Gasteiger partial charge on any atom is 0.243 e. The molecule has 1 unspecified atom stereocenters. The van der Waals surface area contributed by atoms with E-state index in [9.17, 15) is 4.79 Å². The van der Waals surface area contributed by atoms with Crippen molar-refractivity contribution in [2.45, 2.75) is 26.3 Å². The van der Waals surface area contributed by atoms with Crippen molar-refractivity contribution >= 4 is 11.9 Å². The molecule has 0 aliphatic carbocycles. The van der Waals surface area contributed by atoms with Crippen LogP contribution in [0.15, 0.2) is 18.7 Å². The molecule has 0 aliphatic rings. The lowest BCUT2D eigenvalue weighted by Gasteiger charge is -2.09. The number of nitrogens with two attached hydrogens (primary N) is 1. The number of nitrogens with zero attached hydrogens (tertiary/aromatic N) is 2. The molecule has 1 aromatic rings. The summed E-state index contributed by atoms with van der Waals surface area (Å²) >= 11 is 0. The Morgan fingerprint density at radius 3 is 2.62 bits per heavy atom. The molecule has 3 N–H and O–H groups in total. The highest BCUT2D eigenvalue weighted by atomic mass is 16.2. The molecule has 0 aliphatic heterocycles. The number of amides is 1. The Hall–Kier alpha value is -1.75. The molecule has 1 amide bonds. The van der Waals surface area contributed by atoms with E-state index >= 15 is 0 Å². The normalized spacial score (nSPS) is 11.9. The van der Waals surface area contributed by atoms with Gasteiger partial charge >= 0.3 is 0 Å². The first kappa shape index (κ1) is 12.3. The van der Waals surface area contributed by atoms with E-state index in [0.29, 0.717) is 12.4 Å². The van der Waals surface area contributed by atoms with Gasteiger partial charge in [-0.15, -0.1) is 6.58 Å². The first-order valence-electron chi connectivity index (χ1n) is 5.02. The SMILES string of the molecule is C=CCC(N)C(=O)Nc1nc(C)cc(C)n1. The summed E-state index contributed by atoms with van der Waals surface area (Å²) in [5, 5.41) is 2.57. The molecule has 0 spiro atoms. The van der Waals surface area contributed by atoms with Crippen molar-refractivity contribution in [2.24, 2.45) is 5.73 Å². The van der Waals surface area contributed by atoms with Gasteiger partial charge in [0.25, 0.3) is 0 Å². The Bertz CT molecular complexity index is 383. The third-order valence-corrected chi connectivity index (χ3v) is 1.97. The van der Waals surface area contributed by atoms with Crippen molar-refractivity contribution in [1.82, 2.24) is 9.97 Å². The second-order valence-electron chi connectivity index (χ2n) is 3.59. The zero-order chi connectivity index (χ0) is 12.1. The van der Waals surface area contributed by atoms with Crippen LogP contribution in [0.4, 0.5) is 5.95 Å². The van der Waals surface area contributed by atoms with Gasteiger partial charge in [0, 0.05) is 11.4 Å². The molecule has 0 fully saturated rings. The number of aromatic nitrogens is 2. The number of hydrogen-bond acceptors (Lipinski definition) is 4. The molecule has 0 saturated carbocycles. The first-order valence-corrected chi connectivity index (χ1v) is 5.02. The summed E-state index contributed by atoms with van der Waals surface area (Å²) in [6.07, 6.45) is 2.03. The van der Waals surface area contributed by atoms with Crippen molar-refractivity contribution in [2.75, 3.05) is 5.32 Å². The molecule has 1 heterocycles. The predicted molar refractivity (Wildman–Crippen MR) is 62.9 cm³/mol. The van der Waals surface area contributed by atoms with E-state index in [1.54, 1.807) is 6.08 Å². The second-order valence-corrected chi connectivity index (χ2v) is 3.59. The van der Waals surface area contributed by atoms with E-state index in [4.69, 9.17) is 5.73 Å². The molecular weight excluding hydrogens is 204 g/mol. The standard InChI is InChI=1S/C11H16N4O/c1-4-5-9(12)10(16)15-11-13-7(2)6-8(3)14-11/h4,6,9H,1,5,12H2,2-3H3,(H,13,14,15,16). The minimum atomic E-state index is -0.609. The molecule has 1 aromatic heterocycles. The first-order chi connectivity index (χ1) is 7.52. The fourth-order valence-electron chi connectivity index (χ4n) is 1.27. The van der Waals surface area contributed by atoms with E-state index in [1.807, 2.05) is 19.9 Å². The quantitative estimate of drug-likeness (QED) is 0.740. The summed E-state index contributed by atoms with van der Waals surface area (Å²) in [4.78, 5) is 19.7. The van der Waals surface area contributed by atoms with Gasteiger partial charge in [0.2, 0.25) is 11.9 Å². The van der Waals surface area contributed by atoms with Crippen LogP contribution in [-0.2, 0) is 4.79 Å². The third-order valence-electron chi connectivity index (χ3n) is 1.97. The largest absolute Gasteiger partial charge is 0.320 e. The zero-order valence-electron chi connectivity index (χ0n) is 9.53. The zero-order valence-corrected chi connectivity index (χ0v) is 9.53. The average Bonchev–Trinajstić information content (AvgIpc) is 2.16. The Morgan fingerprint density at radius 2 is 2.12 bits per heavy atom. The van der Waals surface area contributed by atoms with E-state index in [-0.39, 0.29) is 5.91 Å². The van der Waals surface area contributed by atoms with Crippen molar-refractivity contribution in [3.63, 3.8) is 0 Å². The van der Waals surface area contributed by atoms with Gasteiger partial charge in [-0.05, 0) is 26.3 Å². The van der Waals surface area contributed by atoms with Gasteiger partial charge in [-0.2, -0.15) is 0 Å². The number of hydrogen-bond donors (Lipinski definition) is 2. The molecule has 1 rings (SSSR count). The Morgan fingerprint density at radius 1 is 1.56 bits per heavy atom.